The maximum absolute atomic E-state index is 12.1. The number of rotatable bonds is 14. The molecule has 1 aromatic carbocycles. The first kappa shape index (κ1) is 37.6. The van der Waals surface area contributed by atoms with Gasteiger partial charge in [-0.25, -0.2) is 0 Å². The molecule has 1 saturated carbocycles. The van der Waals surface area contributed by atoms with E-state index in [9.17, 15) is 4.79 Å². The number of carbonyl (C=O) groups is 1. The maximum atomic E-state index is 12.1. The van der Waals surface area contributed by atoms with E-state index < -0.39 is 0 Å². The SMILES string of the molecule is CC.CC.CC.Cc1ccc(OCCCCCCCCCCC(=O)NCC2CCCCCCCC2)cc1. The van der Waals surface area contributed by atoms with Crippen molar-refractivity contribution in [3.63, 3.8) is 0 Å². The van der Waals surface area contributed by atoms with Crippen LogP contribution in [0.3, 0.4) is 0 Å². The van der Waals surface area contributed by atoms with Gasteiger partial charge in [0.25, 0.3) is 0 Å². The fraction of sp³-hybridized carbons (Fsp3) is 0.794. The van der Waals surface area contributed by atoms with E-state index in [1.54, 1.807) is 0 Å². The van der Waals surface area contributed by atoms with Crippen molar-refractivity contribution in [3.05, 3.63) is 29.8 Å². The van der Waals surface area contributed by atoms with Gasteiger partial charge in [-0.2, -0.15) is 0 Å². The Labute approximate surface area is 232 Å². The molecule has 1 aliphatic carbocycles. The molecular weight excluding hydrogens is 454 g/mol. The Morgan fingerprint density at radius 3 is 1.70 bits per heavy atom. The van der Waals surface area contributed by atoms with Gasteiger partial charge in [0.2, 0.25) is 5.91 Å². The summed E-state index contributed by atoms with van der Waals surface area (Å²) in [7, 11) is 0. The van der Waals surface area contributed by atoms with Crippen molar-refractivity contribution in [2.24, 2.45) is 5.92 Å². The van der Waals surface area contributed by atoms with Gasteiger partial charge in [0.15, 0.2) is 0 Å². The van der Waals surface area contributed by atoms with Crippen LogP contribution in [0, 0.1) is 12.8 Å². The second-order valence-corrected chi connectivity index (χ2v) is 9.61. The van der Waals surface area contributed by atoms with Crippen molar-refractivity contribution in [1.82, 2.24) is 5.32 Å². The van der Waals surface area contributed by atoms with Gasteiger partial charge in [-0.3, -0.25) is 4.79 Å². The average molecular weight is 520 g/mol. The van der Waals surface area contributed by atoms with E-state index in [2.05, 4.69) is 36.5 Å². The third-order valence-corrected chi connectivity index (χ3v) is 6.65. The lowest BCUT2D eigenvalue weighted by molar-refractivity contribution is -0.121. The highest BCUT2D eigenvalue weighted by molar-refractivity contribution is 5.75. The van der Waals surface area contributed by atoms with Crippen LogP contribution in [0.2, 0.25) is 0 Å². The van der Waals surface area contributed by atoms with E-state index in [1.807, 2.05) is 41.5 Å². The highest BCUT2D eigenvalue weighted by atomic mass is 16.5. The van der Waals surface area contributed by atoms with Crippen LogP contribution in [0.1, 0.15) is 156 Å². The summed E-state index contributed by atoms with van der Waals surface area (Å²) >= 11 is 0. The number of aryl methyl sites for hydroxylation is 1. The monoisotopic (exact) mass is 520 g/mol. The van der Waals surface area contributed by atoms with Crippen LogP contribution in [0.15, 0.2) is 24.3 Å². The first-order valence-corrected chi connectivity index (χ1v) is 16.2. The largest absolute Gasteiger partial charge is 0.494 e. The Morgan fingerprint density at radius 1 is 0.703 bits per heavy atom. The number of amides is 1. The minimum Gasteiger partial charge on any atom is -0.494 e. The molecule has 2 rings (SSSR count). The molecule has 0 heterocycles. The average Bonchev–Trinajstić information content (AvgIpc) is 3.09. The van der Waals surface area contributed by atoms with Crippen LogP contribution in [0.25, 0.3) is 0 Å². The standard InChI is InChI=1S/C28H47NO2.3C2H6/c1-25-19-21-27(22-20-25)31-23-15-11-7-3-2-4-10-14-18-28(30)29-24-26-16-12-8-5-6-9-13-17-26;3*1-2/h19-22,26H,2-18,23-24H2,1H3,(H,29,30);3*1-2H3. The summed E-state index contributed by atoms with van der Waals surface area (Å²) in [6.45, 7) is 15.8. The molecule has 0 radical (unpaired) electrons. The summed E-state index contributed by atoms with van der Waals surface area (Å²) in [5, 5.41) is 3.22. The van der Waals surface area contributed by atoms with Gasteiger partial charge in [0.1, 0.15) is 5.75 Å². The van der Waals surface area contributed by atoms with Gasteiger partial charge in [0, 0.05) is 13.0 Å². The normalized spacial score (nSPS) is 13.6. The van der Waals surface area contributed by atoms with E-state index in [1.165, 1.54) is 95.5 Å². The second-order valence-electron chi connectivity index (χ2n) is 9.61. The quantitative estimate of drug-likeness (QED) is 0.248. The van der Waals surface area contributed by atoms with Crippen LogP contribution in [-0.2, 0) is 4.79 Å². The summed E-state index contributed by atoms with van der Waals surface area (Å²) in [6.07, 6.45) is 21.3. The molecule has 1 amide bonds. The summed E-state index contributed by atoms with van der Waals surface area (Å²) in [5.74, 6) is 1.97. The van der Waals surface area contributed by atoms with Gasteiger partial charge >= 0.3 is 0 Å². The second kappa shape index (κ2) is 30.7. The van der Waals surface area contributed by atoms with Crippen molar-refractivity contribution >= 4 is 5.91 Å². The highest BCUT2D eigenvalue weighted by Crippen LogP contribution is 2.21. The number of carbonyl (C=O) groups excluding carboxylic acids is 1. The first-order valence-electron chi connectivity index (χ1n) is 16.2. The van der Waals surface area contributed by atoms with Crippen molar-refractivity contribution in [3.8, 4) is 5.75 Å². The lowest BCUT2D eigenvalue weighted by Gasteiger charge is -2.16. The summed E-state index contributed by atoms with van der Waals surface area (Å²) < 4.78 is 5.78. The number of hydrogen-bond donors (Lipinski definition) is 1. The van der Waals surface area contributed by atoms with Gasteiger partial charge < -0.3 is 10.1 Å². The lowest BCUT2D eigenvalue weighted by atomic mass is 9.97. The van der Waals surface area contributed by atoms with Gasteiger partial charge in [-0.15, -0.1) is 0 Å². The Hall–Kier alpha value is -1.51. The first-order chi connectivity index (χ1) is 18.2. The molecule has 1 aromatic rings. The molecule has 3 nitrogen and oxygen atoms in total. The third kappa shape index (κ3) is 24.6. The zero-order valence-corrected chi connectivity index (χ0v) is 26.1. The van der Waals surface area contributed by atoms with Crippen LogP contribution < -0.4 is 10.1 Å². The summed E-state index contributed by atoms with van der Waals surface area (Å²) in [6, 6.07) is 8.29. The Bertz CT molecular complexity index is 560. The minimum atomic E-state index is 0.272. The molecule has 1 aliphatic rings. The fourth-order valence-electron chi connectivity index (χ4n) is 4.54. The van der Waals surface area contributed by atoms with Crippen LogP contribution in [0.4, 0.5) is 0 Å². The van der Waals surface area contributed by atoms with Crippen LogP contribution in [0.5, 0.6) is 5.75 Å². The number of benzene rings is 1. The van der Waals surface area contributed by atoms with E-state index in [4.69, 9.17) is 4.74 Å². The maximum Gasteiger partial charge on any atom is 0.220 e. The van der Waals surface area contributed by atoms with E-state index in [0.29, 0.717) is 12.3 Å². The predicted octanol–water partition coefficient (Wildman–Crippen LogP) is 10.8. The van der Waals surface area contributed by atoms with Crippen molar-refractivity contribution in [2.75, 3.05) is 13.2 Å². The van der Waals surface area contributed by atoms with Crippen molar-refractivity contribution < 1.29 is 9.53 Å². The third-order valence-electron chi connectivity index (χ3n) is 6.65. The molecule has 0 aliphatic heterocycles. The summed E-state index contributed by atoms with van der Waals surface area (Å²) in [4.78, 5) is 12.1. The fourth-order valence-corrected chi connectivity index (χ4v) is 4.54. The molecule has 0 aromatic heterocycles. The van der Waals surface area contributed by atoms with Crippen molar-refractivity contribution in [1.29, 1.82) is 0 Å². The molecule has 1 fully saturated rings. The molecular formula is C34H65NO2. The molecule has 0 atom stereocenters. The van der Waals surface area contributed by atoms with Crippen LogP contribution in [-0.4, -0.2) is 19.1 Å². The molecule has 3 heteroatoms. The Morgan fingerprint density at radius 2 is 1.16 bits per heavy atom. The molecule has 37 heavy (non-hydrogen) atoms. The lowest BCUT2D eigenvalue weighted by Crippen LogP contribution is -2.29. The van der Waals surface area contributed by atoms with E-state index in [0.717, 1.165) is 31.7 Å². The number of unbranched alkanes of at least 4 members (excludes halogenated alkanes) is 7. The zero-order valence-electron chi connectivity index (χ0n) is 26.1. The smallest absolute Gasteiger partial charge is 0.220 e. The summed E-state index contributed by atoms with van der Waals surface area (Å²) in [5.41, 5.74) is 1.27. The number of hydrogen-bond acceptors (Lipinski definition) is 2. The topological polar surface area (TPSA) is 38.3 Å². The van der Waals surface area contributed by atoms with Crippen LogP contribution >= 0.6 is 0 Å². The van der Waals surface area contributed by atoms with Gasteiger partial charge in [0.05, 0.1) is 6.61 Å². The molecule has 1 N–H and O–H groups in total. The Kier molecular flexibility index (Phi) is 31.2. The van der Waals surface area contributed by atoms with E-state index >= 15 is 0 Å². The Balaban J connectivity index is 0. The molecule has 0 spiro atoms. The molecule has 0 bridgehead atoms. The number of ether oxygens (including phenoxy) is 1. The highest BCUT2D eigenvalue weighted by Gasteiger charge is 2.12. The van der Waals surface area contributed by atoms with Gasteiger partial charge in [-0.05, 0) is 50.7 Å². The minimum absolute atomic E-state index is 0.272. The molecule has 218 valence electrons. The zero-order chi connectivity index (χ0) is 28.0. The predicted molar refractivity (Wildman–Crippen MR) is 166 cm³/mol. The molecule has 0 saturated heterocycles. The van der Waals surface area contributed by atoms with Gasteiger partial charge in [-0.1, -0.05) is 136 Å². The van der Waals surface area contributed by atoms with Crippen molar-refractivity contribution in [2.45, 2.75) is 158 Å². The molecule has 0 unspecified atom stereocenters. The van der Waals surface area contributed by atoms with E-state index in [-0.39, 0.29) is 5.91 Å². The number of nitrogens with one attached hydrogen (secondary N) is 1.